The minimum absolute atomic E-state index is 0.0809. The quantitative estimate of drug-likeness (QED) is 0.698. The summed E-state index contributed by atoms with van der Waals surface area (Å²) in [4.78, 5) is 11.2. The van der Waals surface area contributed by atoms with Gasteiger partial charge in [0.1, 0.15) is 17.1 Å². The highest BCUT2D eigenvalue weighted by atomic mass is 32.2. The van der Waals surface area contributed by atoms with Crippen LogP contribution in [0.15, 0.2) is 61.5 Å². The molecule has 3 rings (SSSR count). The van der Waals surface area contributed by atoms with E-state index in [1.54, 1.807) is 6.92 Å². The van der Waals surface area contributed by atoms with E-state index < -0.39 is 20.4 Å². The molecule has 0 aliphatic heterocycles. The summed E-state index contributed by atoms with van der Waals surface area (Å²) < 4.78 is 30.2. The Morgan fingerprint density at radius 3 is 2.43 bits per heavy atom. The monoisotopic (exact) mass is 332 g/mol. The van der Waals surface area contributed by atoms with Crippen LogP contribution in [0.2, 0.25) is 0 Å². The van der Waals surface area contributed by atoms with E-state index >= 15 is 0 Å². The predicted molar refractivity (Wildman–Crippen MR) is 82.4 cm³/mol. The van der Waals surface area contributed by atoms with Gasteiger partial charge in [-0.25, -0.2) is 13.2 Å². The SMILES string of the molecule is Cc1ccc(S(=O)(=O)c2cc3cc(O)ccc3oc2=O)cc1O. The van der Waals surface area contributed by atoms with Crippen LogP contribution in [0.25, 0.3) is 11.0 Å². The second kappa shape index (κ2) is 5.13. The van der Waals surface area contributed by atoms with Crippen molar-refractivity contribution in [3.63, 3.8) is 0 Å². The molecular weight excluding hydrogens is 320 g/mol. The van der Waals surface area contributed by atoms with Gasteiger partial charge in [-0.2, -0.15) is 0 Å². The van der Waals surface area contributed by atoms with Crippen LogP contribution in [0.4, 0.5) is 0 Å². The van der Waals surface area contributed by atoms with Gasteiger partial charge >= 0.3 is 5.63 Å². The molecule has 0 saturated heterocycles. The van der Waals surface area contributed by atoms with Crippen molar-refractivity contribution in [3.8, 4) is 11.5 Å². The Kier molecular flexibility index (Phi) is 3.37. The van der Waals surface area contributed by atoms with Crippen molar-refractivity contribution < 1.29 is 23.0 Å². The summed E-state index contributed by atoms with van der Waals surface area (Å²) in [6.45, 7) is 1.62. The average molecular weight is 332 g/mol. The molecule has 0 bridgehead atoms. The molecule has 0 radical (unpaired) electrons. The lowest BCUT2D eigenvalue weighted by Gasteiger charge is -2.06. The van der Waals surface area contributed by atoms with Gasteiger partial charge in [0.15, 0.2) is 4.90 Å². The maximum atomic E-state index is 12.6. The molecule has 0 spiro atoms. The van der Waals surface area contributed by atoms with E-state index in [1.807, 2.05) is 0 Å². The van der Waals surface area contributed by atoms with Crippen LogP contribution in [0, 0.1) is 6.92 Å². The highest BCUT2D eigenvalue weighted by molar-refractivity contribution is 7.91. The Bertz CT molecular complexity index is 1080. The summed E-state index contributed by atoms with van der Waals surface area (Å²) in [5.41, 5.74) is -0.332. The minimum atomic E-state index is -4.16. The number of hydrogen-bond donors (Lipinski definition) is 2. The lowest BCUT2D eigenvalue weighted by atomic mass is 10.2. The zero-order valence-electron chi connectivity index (χ0n) is 12.0. The number of hydrogen-bond acceptors (Lipinski definition) is 6. The normalized spacial score (nSPS) is 11.7. The van der Waals surface area contributed by atoms with E-state index in [-0.39, 0.29) is 27.4 Å². The van der Waals surface area contributed by atoms with Gasteiger partial charge in [-0.15, -0.1) is 0 Å². The number of fused-ring (bicyclic) bond motifs is 1. The first kappa shape index (κ1) is 15.1. The molecule has 2 aromatic carbocycles. The molecule has 1 aromatic heterocycles. The predicted octanol–water partition coefficient (Wildman–Crippen LogP) is 2.35. The van der Waals surface area contributed by atoms with Gasteiger partial charge in [-0.05, 0) is 48.9 Å². The minimum Gasteiger partial charge on any atom is -0.508 e. The van der Waals surface area contributed by atoms with E-state index in [4.69, 9.17) is 4.42 Å². The molecule has 0 unspecified atom stereocenters. The highest BCUT2D eigenvalue weighted by Crippen LogP contribution is 2.27. The first-order chi connectivity index (χ1) is 10.8. The summed E-state index contributed by atoms with van der Waals surface area (Å²) in [7, 11) is -4.16. The van der Waals surface area contributed by atoms with E-state index in [2.05, 4.69) is 0 Å². The fourth-order valence-corrected chi connectivity index (χ4v) is 3.47. The molecule has 3 aromatic rings. The molecule has 0 amide bonds. The van der Waals surface area contributed by atoms with Crippen molar-refractivity contribution in [1.29, 1.82) is 0 Å². The third kappa shape index (κ3) is 2.55. The fourth-order valence-electron chi connectivity index (χ4n) is 2.16. The van der Waals surface area contributed by atoms with Crippen LogP contribution < -0.4 is 5.63 Å². The fraction of sp³-hybridized carbons (Fsp3) is 0.0625. The molecule has 1 heterocycles. The van der Waals surface area contributed by atoms with Crippen molar-refractivity contribution in [2.75, 3.05) is 0 Å². The van der Waals surface area contributed by atoms with E-state index in [0.29, 0.717) is 5.56 Å². The second-order valence-electron chi connectivity index (χ2n) is 5.07. The maximum Gasteiger partial charge on any atom is 0.355 e. The van der Waals surface area contributed by atoms with Crippen LogP contribution in [0.3, 0.4) is 0 Å². The van der Waals surface area contributed by atoms with Crippen molar-refractivity contribution in [2.24, 2.45) is 0 Å². The standard InChI is InChI=1S/C16H12O6S/c1-9-2-4-12(8-13(9)18)23(20,21)15-7-10-6-11(17)3-5-14(10)22-16(15)19/h2-8,17-18H,1H3. The molecule has 0 atom stereocenters. The average Bonchev–Trinajstić information content (AvgIpc) is 2.49. The van der Waals surface area contributed by atoms with Crippen molar-refractivity contribution in [2.45, 2.75) is 16.7 Å². The largest absolute Gasteiger partial charge is 0.508 e. The number of phenolic OH excluding ortho intramolecular Hbond substituents is 2. The molecule has 23 heavy (non-hydrogen) atoms. The number of phenols is 2. The van der Waals surface area contributed by atoms with Crippen molar-refractivity contribution in [3.05, 3.63) is 58.4 Å². The first-order valence-corrected chi connectivity index (χ1v) is 8.09. The van der Waals surface area contributed by atoms with Gasteiger partial charge in [0.25, 0.3) is 0 Å². The topological polar surface area (TPSA) is 105 Å². The van der Waals surface area contributed by atoms with Crippen molar-refractivity contribution >= 4 is 20.8 Å². The zero-order chi connectivity index (χ0) is 16.8. The Morgan fingerprint density at radius 2 is 1.74 bits per heavy atom. The maximum absolute atomic E-state index is 12.6. The molecule has 2 N–H and O–H groups in total. The van der Waals surface area contributed by atoms with Gasteiger partial charge in [0, 0.05) is 5.39 Å². The third-order valence-electron chi connectivity index (χ3n) is 3.46. The number of aryl methyl sites for hydroxylation is 1. The van der Waals surface area contributed by atoms with E-state index in [0.717, 1.165) is 12.1 Å². The molecule has 0 fully saturated rings. The Balaban J connectivity index is 2.27. The molecule has 0 saturated carbocycles. The Labute approximate surface area is 131 Å². The van der Waals surface area contributed by atoms with E-state index in [1.165, 1.54) is 30.3 Å². The lowest BCUT2D eigenvalue weighted by Crippen LogP contribution is -2.14. The number of benzene rings is 2. The van der Waals surface area contributed by atoms with Gasteiger partial charge in [0.05, 0.1) is 4.90 Å². The number of rotatable bonds is 2. The van der Waals surface area contributed by atoms with Gasteiger partial charge in [-0.3, -0.25) is 0 Å². The molecular formula is C16H12O6S. The summed E-state index contributed by atoms with van der Waals surface area (Å²) >= 11 is 0. The smallest absolute Gasteiger partial charge is 0.355 e. The zero-order valence-corrected chi connectivity index (χ0v) is 12.8. The number of aromatic hydroxyl groups is 2. The van der Waals surface area contributed by atoms with Crippen molar-refractivity contribution in [1.82, 2.24) is 0 Å². The first-order valence-electron chi connectivity index (χ1n) is 6.60. The van der Waals surface area contributed by atoms with Crippen LogP contribution in [0.1, 0.15) is 5.56 Å². The molecule has 6 nitrogen and oxygen atoms in total. The van der Waals surface area contributed by atoms with Crippen LogP contribution >= 0.6 is 0 Å². The summed E-state index contributed by atoms with van der Waals surface area (Å²) in [6.07, 6.45) is 0. The van der Waals surface area contributed by atoms with Crippen LogP contribution in [0.5, 0.6) is 11.5 Å². The Morgan fingerprint density at radius 1 is 1.00 bits per heavy atom. The van der Waals surface area contributed by atoms with Crippen LogP contribution in [-0.2, 0) is 9.84 Å². The molecule has 0 aliphatic carbocycles. The third-order valence-corrected chi connectivity index (χ3v) is 5.20. The summed E-state index contributed by atoms with van der Waals surface area (Å²) in [6, 6.07) is 8.97. The summed E-state index contributed by atoms with van der Waals surface area (Å²) in [5, 5.41) is 19.4. The molecule has 7 heteroatoms. The second-order valence-corrected chi connectivity index (χ2v) is 6.99. The van der Waals surface area contributed by atoms with E-state index in [9.17, 15) is 23.4 Å². The lowest BCUT2D eigenvalue weighted by molar-refractivity contribution is 0.468. The summed E-state index contributed by atoms with van der Waals surface area (Å²) in [5.74, 6) is -0.267. The van der Waals surface area contributed by atoms with Crippen LogP contribution in [-0.4, -0.2) is 18.6 Å². The van der Waals surface area contributed by atoms with Gasteiger partial charge in [-0.1, -0.05) is 6.07 Å². The van der Waals surface area contributed by atoms with Gasteiger partial charge in [0.2, 0.25) is 9.84 Å². The number of sulfone groups is 1. The molecule has 0 aliphatic rings. The molecule has 118 valence electrons. The Hall–Kier alpha value is -2.80. The highest BCUT2D eigenvalue weighted by Gasteiger charge is 2.24. The van der Waals surface area contributed by atoms with Gasteiger partial charge < -0.3 is 14.6 Å².